The minimum Gasteiger partial charge on any atom is -0.205 e. The van der Waals surface area contributed by atoms with Crippen LogP contribution in [0.15, 0.2) is 12.1 Å². The Labute approximate surface area is 90.0 Å². The molecule has 0 N–H and O–H groups in total. The molecule has 0 saturated carbocycles. The van der Waals surface area contributed by atoms with E-state index >= 15 is 0 Å². The molecule has 1 rings (SSSR count). The Hall–Kier alpha value is -0.0400. The molecule has 0 nitrogen and oxygen atoms in total. The summed E-state index contributed by atoms with van der Waals surface area (Å²) in [4.78, 5) is 0. The first-order valence-corrected chi connectivity index (χ1v) is 4.50. The van der Waals surface area contributed by atoms with Gasteiger partial charge in [0.1, 0.15) is 5.82 Å². The van der Waals surface area contributed by atoms with Crippen molar-refractivity contribution < 1.29 is 17.6 Å². The Kier molecular flexibility index (Phi) is 3.06. The van der Waals surface area contributed by atoms with Crippen LogP contribution >= 0.6 is 34.2 Å². The highest BCUT2D eigenvalue weighted by molar-refractivity contribution is 14.1. The zero-order chi connectivity index (χ0) is 10.2. The average Bonchev–Trinajstić information content (AvgIpc) is 1.94. The van der Waals surface area contributed by atoms with Crippen LogP contribution in [-0.4, -0.2) is 0 Å². The molecule has 0 unspecified atom stereocenters. The molecule has 13 heavy (non-hydrogen) atoms. The largest absolute Gasteiger partial charge is 0.417 e. The lowest BCUT2D eigenvalue weighted by atomic mass is 10.2. The van der Waals surface area contributed by atoms with Crippen LogP contribution in [0.2, 0.25) is 5.02 Å². The molecule has 0 spiro atoms. The molecule has 0 fully saturated rings. The molecular formula is C7H2ClF4I. The molecule has 0 heterocycles. The Morgan fingerprint density at radius 3 is 2.23 bits per heavy atom. The van der Waals surface area contributed by atoms with Crippen LogP contribution in [0.4, 0.5) is 17.6 Å². The molecule has 6 heteroatoms. The van der Waals surface area contributed by atoms with E-state index in [0.717, 1.165) is 6.07 Å². The third-order valence-electron chi connectivity index (χ3n) is 1.32. The lowest BCUT2D eigenvalue weighted by Crippen LogP contribution is -2.07. The topological polar surface area (TPSA) is 0 Å². The smallest absolute Gasteiger partial charge is 0.205 e. The van der Waals surface area contributed by atoms with Crippen LogP contribution in [-0.2, 0) is 6.18 Å². The maximum absolute atomic E-state index is 12.6. The maximum Gasteiger partial charge on any atom is 0.417 e. The summed E-state index contributed by atoms with van der Waals surface area (Å²) in [5, 5.41) is -0.521. The summed E-state index contributed by atoms with van der Waals surface area (Å²) in [6, 6.07) is 1.34. The number of alkyl halides is 3. The minimum atomic E-state index is -4.49. The Balaban J connectivity index is 3.32. The van der Waals surface area contributed by atoms with E-state index in [1.807, 2.05) is 0 Å². The second-order valence-corrected chi connectivity index (χ2v) is 3.81. The normalized spacial score (nSPS) is 11.8. The van der Waals surface area contributed by atoms with E-state index in [1.54, 1.807) is 0 Å². The molecule has 0 radical (unpaired) electrons. The lowest BCUT2D eigenvalue weighted by molar-refractivity contribution is -0.138. The van der Waals surface area contributed by atoms with E-state index in [2.05, 4.69) is 0 Å². The fraction of sp³-hybridized carbons (Fsp3) is 0.143. The van der Waals surface area contributed by atoms with Gasteiger partial charge in [0.15, 0.2) is 0 Å². The first-order valence-electron chi connectivity index (χ1n) is 3.04. The molecule has 0 aromatic heterocycles. The molecule has 0 aliphatic rings. The number of hydrogen-bond donors (Lipinski definition) is 0. The molecule has 0 saturated heterocycles. The van der Waals surface area contributed by atoms with E-state index in [0.29, 0.717) is 6.07 Å². The molecule has 0 atom stereocenters. The first kappa shape index (κ1) is 11.0. The van der Waals surface area contributed by atoms with Gasteiger partial charge in [-0.05, 0) is 34.7 Å². The summed E-state index contributed by atoms with van der Waals surface area (Å²) >= 11 is 6.62. The quantitative estimate of drug-likeness (QED) is 0.383. The van der Waals surface area contributed by atoms with E-state index in [4.69, 9.17) is 11.6 Å². The third-order valence-corrected chi connectivity index (χ3v) is 2.50. The monoisotopic (exact) mass is 324 g/mol. The molecule has 72 valence electrons. The summed E-state index contributed by atoms with van der Waals surface area (Å²) in [5.41, 5.74) is -0.917. The summed E-state index contributed by atoms with van der Waals surface area (Å²) in [6.07, 6.45) is -4.49. The zero-order valence-electron chi connectivity index (χ0n) is 5.92. The number of halogens is 6. The van der Waals surface area contributed by atoms with Gasteiger partial charge in [0.05, 0.1) is 10.6 Å². The van der Waals surface area contributed by atoms with E-state index in [-0.39, 0.29) is 3.57 Å². The average molecular weight is 324 g/mol. The second-order valence-electron chi connectivity index (χ2n) is 2.24. The minimum absolute atomic E-state index is 0.202. The van der Waals surface area contributed by atoms with Crippen molar-refractivity contribution in [1.29, 1.82) is 0 Å². The van der Waals surface area contributed by atoms with Crippen LogP contribution in [0.3, 0.4) is 0 Å². The summed E-state index contributed by atoms with van der Waals surface area (Å²) in [7, 11) is 0. The summed E-state index contributed by atoms with van der Waals surface area (Å²) in [6.45, 7) is 0. The van der Waals surface area contributed by atoms with Gasteiger partial charge in [-0.15, -0.1) is 0 Å². The Morgan fingerprint density at radius 2 is 1.77 bits per heavy atom. The molecule has 1 aromatic rings. The molecule has 1 aromatic carbocycles. The Bertz CT molecular complexity index is 334. The van der Waals surface area contributed by atoms with Crippen molar-refractivity contribution in [2.75, 3.05) is 0 Å². The predicted octanol–water partition coefficient (Wildman–Crippen LogP) is 4.10. The number of hydrogen-bond acceptors (Lipinski definition) is 0. The number of rotatable bonds is 0. The van der Waals surface area contributed by atoms with Gasteiger partial charge in [-0.3, -0.25) is 0 Å². The zero-order valence-corrected chi connectivity index (χ0v) is 8.84. The third kappa shape index (κ3) is 2.46. The van der Waals surface area contributed by atoms with E-state index < -0.39 is 22.6 Å². The molecule has 0 aliphatic heterocycles. The maximum atomic E-state index is 12.6. The molecular weight excluding hydrogens is 322 g/mol. The highest BCUT2D eigenvalue weighted by Crippen LogP contribution is 2.35. The molecule has 0 amide bonds. The molecule has 0 aliphatic carbocycles. The summed E-state index contributed by atoms with van der Waals surface area (Å²) < 4.78 is 49.0. The van der Waals surface area contributed by atoms with Gasteiger partial charge in [-0.2, -0.15) is 13.2 Å². The van der Waals surface area contributed by atoms with Crippen LogP contribution in [0.5, 0.6) is 0 Å². The van der Waals surface area contributed by atoms with Crippen LogP contribution in [0.25, 0.3) is 0 Å². The van der Waals surface area contributed by atoms with Crippen molar-refractivity contribution in [2.45, 2.75) is 6.18 Å². The van der Waals surface area contributed by atoms with Crippen molar-refractivity contribution in [3.8, 4) is 0 Å². The molecule has 0 bridgehead atoms. The second kappa shape index (κ2) is 3.61. The predicted molar refractivity (Wildman–Crippen MR) is 49.1 cm³/mol. The van der Waals surface area contributed by atoms with E-state index in [1.165, 1.54) is 22.6 Å². The van der Waals surface area contributed by atoms with Gasteiger partial charge < -0.3 is 0 Å². The van der Waals surface area contributed by atoms with Crippen molar-refractivity contribution >= 4 is 34.2 Å². The highest BCUT2D eigenvalue weighted by atomic mass is 127. The van der Waals surface area contributed by atoms with Crippen molar-refractivity contribution in [3.05, 3.63) is 32.1 Å². The van der Waals surface area contributed by atoms with Gasteiger partial charge in [0.2, 0.25) is 0 Å². The fourth-order valence-electron chi connectivity index (χ4n) is 0.740. The van der Waals surface area contributed by atoms with Crippen molar-refractivity contribution in [3.63, 3.8) is 0 Å². The Morgan fingerprint density at radius 1 is 1.23 bits per heavy atom. The van der Waals surface area contributed by atoms with Crippen LogP contribution < -0.4 is 0 Å². The van der Waals surface area contributed by atoms with Crippen molar-refractivity contribution in [2.24, 2.45) is 0 Å². The van der Waals surface area contributed by atoms with Gasteiger partial charge >= 0.3 is 6.18 Å². The number of benzene rings is 1. The highest BCUT2D eigenvalue weighted by Gasteiger charge is 2.33. The van der Waals surface area contributed by atoms with Gasteiger partial charge in [-0.1, -0.05) is 11.6 Å². The lowest BCUT2D eigenvalue weighted by Gasteiger charge is -2.09. The van der Waals surface area contributed by atoms with Crippen LogP contribution in [0, 0.1) is 9.39 Å². The van der Waals surface area contributed by atoms with E-state index in [9.17, 15) is 17.6 Å². The first-order chi connectivity index (χ1) is 5.82. The van der Waals surface area contributed by atoms with Crippen molar-refractivity contribution in [1.82, 2.24) is 0 Å². The van der Waals surface area contributed by atoms with Gasteiger partial charge in [0.25, 0.3) is 0 Å². The fourth-order valence-corrected chi connectivity index (χ4v) is 1.64. The van der Waals surface area contributed by atoms with Crippen LogP contribution in [0.1, 0.15) is 5.56 Å². The standard InChI is InChI=1S/C7H2ClF4I/c8-4-1-3(7(10,11)12)6(13)2-5(4)9/h1-2H. The summed E-state index contributed by atoms with van der Waals surface area (Å²) in [5.74, 6) is -0.848. The van der Waals surface area contributed by atoms with Gasteiger partial charge in [-0.25, -0.2) is 4.39 Å². The van der Waals surface area contributed by atoms with Gasteiger partial charge in [0, 0.05) is 3.57 Å². The SMILES string of the molecule is Fc1cc(I)c(C(F)(F)F)cc1Cl.